The molecule has 1 atom stereocenters. The number of hydrogen-bond acceptors (Lipinski definition) is 4. The normalized spacial score (nSPS) is 14.7. The summed E-state index contributed by atoms with van der Waals surface area (Å²) in [5.41, 5.74) is 4.77. The van der Waals surface area contributed by atoms with Crippen molar-refractivity contribution in [3.8, 4) is 0 Å². The number of carbonyl (C=O) groups is 1. The van der Waals surface area contributed by atoms with Crippen molar-refractivity contribution in [2.24, 2.45) is 16.8 Å². The van der Waals surface area contributed by atoms with Crippen LogP contribution in [-0.2, 0) is 4.79 Å². The molecule has 0 heterocycles. The van der Waals surface area contributed by atoms with E-state index in [4.69, 9.17) is 16.0 Å². The Balaban J connectivity index is 4.90. The van der Waals surface area contributed by atoms with Crippen LogP contribution in [0.1, 0.15) is 27.2 Å². The van der Waals surface area contributed by atoms with Gasteiger partial charge >= 0.3 is 0 Å². The lowest BCUT2D eigenvalue weighted by Gasteiger charge is -2.35. The van der Waals surface area contributed by atoms with E-state index in [1.54, 1.807) is 27.8 Å². The highest BCUT2D eigenvalue weighted by molar-refractivity contribution is 6.02. The van der Waals surface area contributed by atoms with Gasteiger partial charge in [-0.25, -0.2) is 0 Å². The molecule has 16 heavy (non-hydrogen) atoms. The minimum atomic E-state index is -0.666. The van der Waals surface area contributed by atoms with Gasteiger partial charge in [0.05, 0.1) is 18.1 Å². The third-order valence-corrected chi connectivity index (χ3v) is 2.80. The first kappa shape index (κ1) is 14.7. The molecule has 0 aliphatic carbocycles. The lowest BCUT2D eigenvalue weighted by Crippen LogP contribution is -2.51. The molecule has 0 fully saturated rings. The van der Waals surface area contributed by atoms with Crippen LogP contribution in [0.4, 0.5) is 0 Å². The zero-order valence-electron chi connectivity index (χ0n) is 10.3. The average Bonchev–Trinajstić information content (AvgIpc) is 2.28. The van der Waals surface area contributed by atoms with Gasteiger partial charge in [-0.15, -0.1) is 0 Å². The van der Waals surface area contributed by atoms with E-state index in [1.807, 2.05) is 0 Å². The van der Waals surface area contributed by atoms with Gasteiger partial charge in [-0.3, -0.25) is 4.79 Å². The van der Waals surface area contributed by atoms with Gasteiger partial charge in [0.1, 0.15) is 0 Å². The summed E-state index contributed by atoms with van der Waals surface area (Å²) < 4.78 is 0. The van der Waals surface area contributed by atoms with Crippen molar-refractivity contribution < 1.29 is 15.1 Å². The van der Waals surface area contributed by atoms with Crippen molar-refractivity contribution in [2.75, 3.05) is 13.7 Å². The Kier molecular flexibility index (Phi) is 5.23. The van der Waals surface area contributed by atoms with Crippen LogP contribution in [0.2, 0.25) is 0 Å². The fourth-order valence-electron chi connectivity index (χ4n) is 1.22. The number of aliphatic hydroxyl groups excluding tert-OH is 1. The van der Waals surface area contributed by atoms with Gasteiger partial charge < -0.3 is 20.9 Å². The number of amides is 1. The second-order valence-electron chi connectivity index (χ2n) is 4.35. The van der Waals surface area contributed by atoms with E-state index in [9.17, 15) is 4.79 Å². The van der Waals surface area contributed by atoms with Crippen LogP contribution in [0.25, 0.3) is 0 Å². The van der Waals surface area contributed by atoms with E-state index < -0.39 is 11.5 Å². The summed E-state index contributed by atoms with van der Waals surface area (Å²) in [6, 6.07) is 0. The summed E-state index contributed by atoms with van der Waals surface area (Å²) in [7, 11) is 1.59. The van der Waals surface area contributed by atoms with Crippen LogP contribution in [-0.4, -0.2) is 46.1 Å². The summed E-state index contributed by atoms with van der Waals surface area (Å²) in [5.74, 6) is -1.02. The minimum Gasteiger partial charge on any atom is -0.409 e. The van der Waals surface area contributed by atoms with Crippen molar-refractivity contribution in [1.29, 1.82) is 0 Å². The molecule has 0 radical (unpaired) electrons. The highest BCUT2D eigenvalue weighted by atomic mass is 16.4. The van der Waals surface area contributed by atoms with Crippen LogP contribution in [0.15, 0.2) is 5.16 Å². The van der Waals surface area contributed by atoms with Crippen molar-refractivity contribution >= 4 is 11.7 Å². The summed E-state index contributed by atoms with van der Waals surface area (Å²) in [4.78, 5) is 13.4. The van der Waals surface area contributed by atoms with Crippen molar-refractivity contribution in [2.45, 2.75) is 32.7 Å². The van der Waals surface area contributed by atoms with Gasteiger partial charge in [0, 0.05) is 7.05 Å². The number of nitrogens with two attached hydrogens (primary N) is 1. The Bertz CT molecular complexity index is 276. The van der Waals surface area contributed by atoms with Gasteiger partial charge in [-0.05, 0) is 20.3 Å². The molecule has 94 valence electrons. The number of oxime groups is 1. The SMILES string of the molecule is CCC(C(=O)N(C)C(C)(C)CO)C(N)=NO. The van der Waals surface area contributed by atoms with Gasteiger partial charge in [-0.2, -0.15) is 0 Å². The first-order valence-electron chi connectivity index (χ1n) is 5.17. The van der Waals surface area contributed by atoms with E-state index >= 15 is 0 Å². The van der Waals surface area contributed by atoms with Crippen LogP contribution < -0.4 is 5.73 Å². The van der Waals surface area contributed by atoms with Crippen LogP contribution in [0.5, 0.6) is 0 Å². The average molecular weight is 231 g/mol. The molecule has 0 rings (SSSR count). The van der Waals surface area contributed by atoms with E-state index in [0.717, 1.165) is 0 Å². The molecule has 0 aromatic heterocycles. The van der Waals surface area contributed by atoms with E-state index in [2.05, 4.69) is 5.16 Å². The molecular formula is C10H21N3O3. The third-order valence-electron chi connectivity index (χ3n) is 2.80. The Morgan fingerprint density at radius 3 is 2.38 bits per heavy atom. The Hall–Kier alpha value is -1.30. The Labute approximate surface area is 95.7 Å². The summed E-state index contributed by atoms with van der Waals surface area (Å²) in [5, 5.41) is 20.6. The number of aliphatic hydroxyl groups is 1. The number of carbonyl (C=O) groups excluding carboxylic acids is 1. The maximum atomic E-state index is 12.0. The fraction of sp³-hybridized carbons (Fsp3) is 0.800. The maximum Gasteiger partial charge on any atom is 0.233 e. The van der Waals surface area contributed by atoms with Crippen LogP contribution >= 0.6 is 0 Å². The van der Waals surface area contributed by atoms with Gasteiger partial charge in [0.25, 0.3) is 0 Å². The number of likely N-dealkylation sites (N-methyl/N-ethyl adjacent to an activating group) is 1. The maximum absolute atomic E-state index is 12.0. The smallest absolute Gasteiger partial charge is 0.233 e. The van der Waals surface area contributed by atoms with E-state index in [1.165, 1.54) is 4.90 Å². The molecular weight excluding hydrogens is 210 g/mol. The molecule has 0 aromatic carbocycles. The van der Waals surface area contributed by atoms with Crippen LogP contribution in [0, 0.1) is 5.92 Å². The number of hydrogen-bond donors (Lipinski definition) is 3. The Morgan fingerprint density at radius 1 is 1.56 bits per heavy atom. The topological polar surface area (TPSA) is 99.2 Å². The second-order valence-corrected chi connectivity index (χ2v) is 4.35. The predicted octanol–water partition coefficient (Wildman–Crippen LogP) is -0.0117. The molecule has 6 heteroatoms. The lowest BCUT2D eigenvalue weighted by atomic mass is 9.98. The highest BCUT2D eigenvalue weighted by Gasteiger charge is 2.32. The van der Waals surface area contributed by atoms with Crippen LogP contribution in [0.3, 0.4) is 0 Å². The summed E-state index contributed by atoms with van der Waals surface area (Å²) >= 11 is 0. The largest absolute Gasteiger partial charge is 0.409 e. The van der Waals surface area contributed by atoms with Crippen molar-refractivity contribution in [3.05, 3.63) is 0 Å². The third kappa shape index (κ3) is 3.10. The fourth-order valence-corrected chi connectivity index (χ4v) is 1.22. The quantitative estimate of drug-likeness (QED) is 0.268. The molecule has 0 spiro atoms. The molecule has 6 nitrogen and oxygen atoms in total. The zero-order valence-corrected chi connectivity index (χ0v) is 10.3. The lowest BCUT2D eigenvalue weighted by molar-refractivity contribution is -0.138. The Morgan fingerprint density at radius 2 is 2.06 bits per heavy atom. The molecule has 0 bridgehead atoms. The van der Waals surface area contributed by atoms with E-state index in [-0.39, 0.29) is 18.3 Å². The number of nitrogens with zero attached hydrogens (tertiary/aromatic N) is 2. The predicted molar refractivity (Wildman–Crippen MR) is 61.1 cm³/mol. The molecule has 0 aliphatic rings. The molecule has 1 amide bonds. The monoisotopic (exact) mass is 231 g/mol. The highest BCUT2D eigenvalue weighted by Crippen LogP contribution is 2.16. The van der Waals surface area contributed by atoms with Gasteiger partial charge in [-0.1, -0.05) is 12.1 Å². The van der Waals surface area contributed by atoms with E-state index in [0.29, 0.717) is 6.42 Å². The number of amidine groups is 1. The first-order chi connectivity index (χ1) is 7.31. The zero-order chi connectivity index (χ0) is 12.9. The molecule has 1 unspecified atom stereocenters. The van der Waals surface area contributed by atoms with Gasteiger partial charge in [0.15, 0.2) is 5.84 Å². The molecule has 0 aromatic rings. The van der Waals surface area contributed by atoms with Crippen molar-refractivity contribution in [1.82, 2.24) is 4.90 Å². The summed E-state index contributed by atoms with van der Waals surface area (Å²) in [6.45, 7) is 5.11. The standard InChI is InChI=1S/C10H21N3O3/c1-5-7(8(11)12-16)9(15)13(4)10(2,3)6-14/h7,14,16H,5-6H2,1-4H3,(H2,11,12). The van der Waals surface area contributed by atoms with Crippen molar-refractivity contribution in [3.63, 3.8) is 0 Å². The molecule has 0 saturated carbocycles. The number of rotatable bonds is 5. The van der Waals surface area contributed by atoms with Gasteiger partial charge in [0.2, 0.25) is 5.91 Å². The summed E-state index contributed by atoms with van der Waals surface area (Å²) in [6.07, 6.45) is 0.445. The second kappa shape index (κ2) is 5.69. The molecule has 4 N–H and O–H groups in total. The molecule has 0 aliphatic heterocycles. The molecule has 0 saturated heterocycles. The first-order valence-corrected chi connectivity index (χ1v) is 5.17. The minimum absolute atomic E-state index is 0.104.